The van der Waals surface area contributed by atoms with Crippen molar-refractivity contribution in [1.82, 2.24) is 0 Å². The van der Waals surface area contributed by atoms with Crippen LogP contribution in [-0.2, 0) is 19.0 Å². The van der Waals surface area contributed by atoms with Crippen LogP contribution in [-0.4, -0.2) is 37.5 Å². The fourth-order valence-electron chi connectivity index (χ4n) is 1.17. The van der Waals surface area contributed by atoms with Crippen molar-refractivity contribution in [3.05, 3.63) is 10.6 Å². The summed E-state index contributed by atoms with van der Waals surface area (Å²) in [4.78, 5) is 11.3. The molecular formula is C8H9Cl3O4. The molecule has 1 aliphatic rings. The molecule has 0 N–H and O–H groups in total. The van der Waals surface area contributed by atoms with Crippen LogP contribution in [0.5, 0.6) is 0 Å². The molecule has 0 spiro atoms. The third-order valence-corrected chi connectivity index (χ3v) is 3.05. The Kier molecular flexibility index (Phi) is 4.67. The molecule has 1 saturated heterocycles. The molecule has 4 nitrogen and oxygen atoms in total. The second kappa shape index (κ2) is 5.37. The van der Waals surface area contributed by atoms with Crippen LogP contribution in [0.15, 0.2) is 10.6 Å². The first-order valence-corrected chi connectivity index (χ1v) is 5.29. The SMILES string of the molecule is COC(=O)C(Cl)C1(/C(Cl)=C/Cl)OCCO1. The van der Waals surface area contributed by atoms with Gasteiger partial charge in [-0.15, -0.1) is 11.6 Å². The Labute approximate surface area is 102 Å². The molecule has 1 aliphatic heterocycles. The lowest BCUT2D eigenvalue weighted by molar-refractivity contribution is -0.162. The summed E-state index contributed by atoms with van der Waals surface area (Å²) < 4.78 is 15.0. The van der Waals surface area contributed by atoms with Gasteiger partial charge in [0.2, 0.25) is 5.79 Å². The van der Waals surface area contributed by atoms with E-state index in [1.165, 1.54) is 7.11 Å². The zero-order valence-electron chi connectivity index (χ0n) is 7.84. The van der Waals surface area contributed by atoms with Gasteiger partial charge in [-0.3, -0.25) is 4.79 Å². The van der Waals surface area contributed by atoms with Crippen LogP contribution in [0, 0.1) is 0 Å². The number of hydrogen-bond acceptors (Lipinski definition) is 4. The fraction of sp³-hybridized carbons (Fsp3) is 0.625. The fourth-order valence-corrected chi connectivity index (χ4v) is 1.93. The van der Waals surface area contributed by atoms with Crippen LogP contribution in [0.3, 0.4) is 0 Å². The highest BCUT2D eigenvalue weighted by Gasteiger charge is 2.51. The van der Waals surface area contributed by atoms with Crippen molar-refractivity contribution >= 4 is 40.8 Å². The Morgan fingerprint density at radius 1 is 1.53 bits per heavy atom. The molecule has 1 heterocycles. The van der Waals surface area contributed by atoms with Crippen LogP contribution in [0.1, 0.15) is 0 Å². The Balaban J connectivity index is 2.96. The lowest BCUT2D eigenvalue weighted by Crippen LogP contribution is -2.45. The van der Waals surface area contributed by atoms with Gasteiger partial charge in [0.25, 0.3) is 0 Å². The summed E-state index contributed by atoms with van der Waals surface area (Å²) in [5.74, 6) is -2.23. The highest BCUT2D eigenvalue weighted by Crippen LogP contribution is 2.37. The van der Waals surface area contributed by atoms with Crippen molar-refractivity contribution in [2.75, 3.05) is 20.3 Å². The van der Waals surface area contributed by atoms with E-state index in [4.69, 9.17) is 44.3 Å². The van der Waals surface area contributed by atoms with E-state index in [9.17, 15) is 4.79 Å². The van der Waals surface area contributed by atoms with Gasteiger partial charge in [-0.25, -0.2) is 0 Å². The van der Waals surface area contributed by atoms with Crippen molar-refractivity contribution in [1.29, 1.82) is 0 Å². The molecule has 0 saturated carbocycles. The van der Waals surface area contributed by atoms with E-state index in [0.717, 1.165) is 5.54 Å². The van der Waals surface area contributed by atoms with Gasteiger partial charge in [-0.05, 0) is 0 Å². The summed E-state index contributed by atoms with van der Waals surface area (Å²) >= 11 is 17.1. The summed E-state index contributed by atoms with van der Waals surface area (Å²) in [6, 6.07) is 0. The van der Waals surface area contributed by atoms with E-state index >= 15 is 0 Å². The molecule has 1 atom stereocenters. The molecule has 1 fully saturated rings. The number of ether oxygens (including phenoxy) is 3. The summed E-state index contributed by atoms with van der Waals surface area (Å²) in [6.45, 7) is 0.558. The normalized spacial score (nSPS) is 22.5. The number of halogens is 3. The van der Waals surface area contributed by atoms with Gasteiger partial charge < -0.3 is 14.2 Å². The largest absolute Gasteiger partial charge is 0.468 e. The first-order chi connectivity index (χ1) is 7.08. The maximum absolute atomic E-state index is 11.3. The lowest BCUT2D eigenvalue weighted by atomic mass is 10.2. The van der Waals surface area contributed by atoms with E-state index in [1.807, 2.05) is 0 Å². The van der Waals surface area contributed by atoms with Crippen LogP contribution in [0.2, 0.25) is 0 Å². The summed E-state index contributed by atoms with van der Waals surface area (Å²) in [6.07, 6.45) is 0. The quantitative estimate of drug-likeness (QED) is 0.582. The number of rotatable bonds is 3. The molecule has 1 unspecified atom stereocenters. The molecule has 7 heteroatoms. The molecule has 0 bridgehead atoms. The second-order valence-corrected chi connectivity index (χ2v) is 3.77. The van der Waals surface area contributed by atoms with E-state index in [-0.39, 0.29) is 18.2 Å². The lowest BCUT2D eigenvalue weighted by Gasteiger charge is -2.29. The van der Waals surface area contributed by atoms with E-state index < -0.39 is 17.1 Å². The summed E-state index contributed by atoms with van der Waals surface area (Å²) in [5, 5.41) is -1.19. The molecular weight excluding hydrogens is 266 g/mol. The Morgan fingerprint density at radius 3 is 2.47 bits per heavy atom. The molecule has 0 aromatic carbocycles. The Hall–Kier alpha value is -0.0000000000000000971. The zero-order valence-corrected chi connectivity index (χ0v) is 10.1. The highest BCUT2D eigenvalue weighted by molar-refractivity contribution is 6.39. The number of esters is 1. The van der Waals surface area contributed by atoms with Gasteiger partial charge in [0.1, 0.15) is 0 Å². The minimum Gasteiger partial charge on any atom is -0.468 e. The average molecular weight is 276 g/mol. The molecule has 0 amide bonds. The molecule has 0 radical (unpaired) electrons. The predicted octanol–water partition coefficient (Wildman–Crippen LogP) is 1.83. The Bertz CT molecular complexity index is 273. The second-order valence-electron chi connectivity index (χ2n) is 2.71. The molecule has 15 heavy (non-hydrogen) atoms. The van der Waals surface area contributed by atoms with Crippen molar-refractivity contribution in [2.45, 2.75) is 11.2 Å². The van der Waals surface area contributed by atoms with Crippen molar-refractivity contribution in [2.24, 2.45) is 0 Å². The van der Waals surface area contributed by atoms with Crippen molar-refractivity contribution in [3.63, 3.8) is 0 Å². The van der Waals surface area contributed by atoms with Gasteiger partial charge in [0, 0.05) is 5.54 Å². The summed E-state index contributed by atoms with van der Waals surface area (Å²) in [5.41, 5.74) is 1.05. The minimum absolute atomic E-state index is 0.00654. The maximum atomic E-state index is 11.3. The highest BCUT2D eigenvalue weighted by atomic mass is 35.5. The molecule has 86 valence electrons. The number of carbonyl (C=O) groups is 1. The van der Waals surface area contributed by atoms with Gasteiger partial charge >= 0.3 is 5.97 Å². The summed E-state index contributed by atoms with van der Waals surface area (Å²) in [7, 11) is 1.21. The molecule has 0 aromatic rings. The van der Waals surface area contributed by atoms with Gasteiger partial charge in [-0.1, -0.05) is 23.2 Å². The number of alkyl halides is 1. The molecule has 0 aromatic heterocycles. The predicted molar refractivity (Wildman–Crippen MR) is 56.1 cm³/mol. The third kappa shape index (κ3) is 2.40. The first kappa shape index (κ1) is 13.1. The van der Waals surface area contributed by atoms with Gasteiger partial charge in [0.05, 0.1) is 25.4 Å². The topological polar surface area (TPSA) is 44.8 Å². The minimum atomic E-state index is -1.53. The van der Waals surface area contributed by atoms with Crippen LogP contribution < -0.4 is 0 Å². The first-order valence-electron chi connectivity index (χ1n) is 4.04. The third-order valence-electron chi connectivity index (χ3n) is 1.89. The standard InChI is InChI=1S/C8H9Cl3O4/c1-13-7(12)6(11)8(5(10)4-9)14-2-3-15-8/h4,6H,2-3H2,1H3/b5-4-. The maximum Gasteiger partial charge on any atom is 0.329 e. The smallest absolute Gasteiger partial charge is 0.329 e. The zero-order chi connectivity index (χ0) is 11.5. The molecule has 0 aliphatic carbocycles. The number of methoxy groups -OCH3 is 1. The van der Waals surface area contributed by atoms with Gasteiger partial charge in [-0.2, -0.15) is 0 Å². The number of carbonyl (C=O) groups excluding carboxylic acids is 1. The monoisotopic (exact) mass is 274 g/mol. The Morgan fingerprint density at radius 2 is 2.07 bits per heavy atom. The van der Waals surface area contributed by atoms with E-state index in [2.05, 4.69) is 4.74 Å². The van der Waals surface area contributed by atoms with Crippen molar-refractivity contribution < 1.29 is 19.0 Å². The molecule has 1 rings (SSSR count). The van der Waals surface area contributed by atoms with Crippen LogP contribution >= 0.6 is 34.8 Å². The van der Waals surface area contributed by atoms with E-state index in [1.54, 1.807) is 0 Å². The average Bonchev–Trinajstić information content (AvgIpc) is 2.76. The van der Waals surface area contributed by atoms with Gasteiger partial charge in [0.15, 0.2) is 5.38 Å². The van der Waals surface area contributed by atoms with E-state index in [0.29, 0.717) is 0 Å². The van der Waals surface area contributed by atoms with Crippen LogP contribution in [0.25, 0.3) is 0 Å². The van der Waals surface area contributed by atoms with Crippen molar-refractivity contribution in [3.8, 4) is 0 Å². The number of hydrogen-bond donors (Lipinski definition) is 0. The van der Waals surface area contributed by atoms with Crippen LogP contribution in [0.4, 0.5) is 0 Å².